The molecule has 29 heavy (non-hydrogen) atoms. The molecule has 4 aromatic rings. The highest BCUT2D eigenvalue weighted by Crippen LogP contribution is 2.39. The van der Waals surface area contributed by atoms with E-state index in [0.29, 0.717) is 0 Å². The molecule has 0 radical (unpaired) electrons. The Hall–Kier alpha value is -3.79. The summed E-state index contributed by atoms with van der Waals surface area (Å²) in [5, 5.41) is 18.4. The highest BCUT2D eigenvalue weighted by atomic mass is 15.3. The average Bonchev–Trinajstić information content (AvgIpc) is 3.40. The second kappa shape index (κ2) is 6.67. The second-order valence-electron chi connectivity index (χ2n) is 7.29. The first-order valence-electron chi connectivity index (χ1n) is 9.60. The van der Waals surface area contributed by atoms with Crippen LogP contribution in [0.15, 0.2) is 36.7 Å². The third kappa shape index (κ3) is 2.81. The zero-order valence-corrected chi connectivity index (χ0v) is 16.3. The molecule has 142 valence electrons. The third-order valence-corrected chi connectivity index (χ3v) is 5.24. The number of aryl methyl sites for hydroxylation is 3. The van der Waals surface area contributed by atoms with E-state index in [9.17, 15) is 0 Å². The molecule has 0 amide bonds. The van der Waals surface area contributed by atoms with E-state index in [4.69, 9.17) is 15.3 Å². The van der Waals surface area contributed by atoms with Gasteiger partial charge in [-0.3, -0.25) is 9.67 Å². The van der Waals surface area contributed by atoms with Crippen molar-refractivity contribution in [3.05, 3.63) is 59.3 Å². The lowest BCUT2D eigenvalue weighted by Crippen LogP contribution is -1.99. The van der Waals surface area contributed by atoms with E-state index >= 15 is 0 Å². The van der Waals surface area contributed by atoms with Crippen molar-refractivity contribution < 1.29 is 0 Å². The van der Waals surface area contributed by atoms with Gasteiger partial charge in [0.15, 0.2) is 5.65 Å². The first kappa shape index (κ1) is 17.3. The Morgan fingerprint density at radius 2 is 2.10 bits per heavy atom. The molecular formula is C22H19N7. The van der Waals surface area contributed by atoms with Gasteiger partial charge in [0.1, 0.15) is 12.0 Å². The minimum atomic E-state index is 0.737. The first-order valence-corrected chi connectivity index (χ1v) is 9.60. The van der Waals surface area contributed by atoms with Gasteiger partial charge in [0, 0.05) is 35.1 Å². The van der Waals surface area contributed by atoms with Gasteiger partial charge >= 0.3 is 0 Å². The molecule has 0 unspecified atom stereocenters. The predicted molar refractivity (Wildman–Crippen MR) is 110 cm³/mol. The number of fused-ring (bicyclic) bond motifs is 2. The topological polar surface area (TPSA) is 84.7 Å². The number of pyridine rings is 2. The third-order valence-electron chi connectivity index (χ3n) is 5.24. The van der Waals surface area contributed by atoms with E-state index < -0.39 is 0 Å². The number of allylic oxidation sites excluding steroid dienone is 1. The summed E-state index contributed by atoms with van der Waals surface area (Å²) in [5.74, 6) is 0. The Balaban J connectivity index is 1.83. The molecule has 0 fully saturated rings. The van der Waals surface area contributed by atoms with Crippen molar-refractivity contribution in [2.45, 2.75) is 33.2 Å². The molecule has 0 aliphatic carbocycles. The molecule has 5 heterocycles. The number of nitriles is 1. The largest absolute Gasteiger partial charge is 0.268 e. The van der Waals surface area contributed by atoms with Crippen LogP contribution in [0.3, 0.4) is 0 Å². The zero-order valence-electron chi connectivity index (χ0n) is 16.3. The molecule has 0 N–H and O–H groups in total. The van der Waals surface area contributed by atoms with Gasteiger partial charge < -0.3 is 0 Å². The fourth-order valence-corrected chi connectivity index (χ4v) is 4.15. The van der Waals surface area contributed by atoms with E-state index in [-0.39, 0.29) is 0 Å². The van der Waals surface area contributed by atoms with E-state index in [0.717, 1.165) is 64.5 Å². The molecule has 0 saturated heterocycles. The number of rotatable bonds is 3. The fraction of sp³-hybridized carbons (Fsp3) is 0.227. The summed E-state index contributed by atoms with van der Waals surface area (Å²) < 4.78 is 3.86. The van der Waals surface area contributed by atoms with Crippen LogP contribution in [0.2, 0.25) is 0 Å². The predicted octanol–water partition coefficient (Wildman–Crippen LogP) is 3.75. The van der Waals surface area contributed by atoms with E-state index in [1.165, 1.54) is 18.1 Å². The molecule has 0 bridgehead atoms. The molecular weight excluding hydrogens is 362 g/mol. The molecule has 4 aromatic heterocycles. The van der Waals surface area contributed by atoms with Crippen LogP contribution in [0.25, 0.3) is 34.2 Å². The Morgan fingerprint density at radius 3 is 2.93 bits per heavy atom. The summed E-state index contributed by atoms with van der Waals surface area (Å²) in [6, 6.07) is 10.2. The maximum Gasteiger partial charge on any atom is 0.155 e. The molecule has 7 nitrogen and oxygen atoms in total. The molecule has 0 aromatic carbocycles. The first-order chi connectivity index (χ1) is 14.2. The van der Waals surface area contributed by atoms with Crippen LogP contribution in [-0.2, 0) is 13.0 Å². The van der Waals surface area contributed by atoms with Gasteiger partial charge in [-0.15, -0.1) is 0 Å². The van der Waals surface area contributed by atoms with E-state index in [1.54, 1.807) is 10.6 Å². The normalized spacial score (nSPS) is 13.3. The lowest BCUT2D eigenvalue weighted by Gasteiger charge is -2.11. The van der Waals surface area contributed by atoms with Crippen LogP contribution in [-0.4, -0.2) is 29.4 Å². The van der Waals surface area contributed by atoms with Crippen molar-refractivity contribution >= 4 is 11.7 Å². The second-order valence-corrected chi connectivity index (χ2v) is 7.29. The van der Waals surface area contributed by atoms with Gasteiger partial charge in [0.25, 0.3) is 0 Å². The van der Waals surface area contributed by atoms with E-state index in [1.807, 2.05) is 19.1 Å². The Bertz CT molecular complexity index is 1300. The van der Waals surface area contributed by atoms with Crippen LogP contribution >= 0.6 is 0 Å². The summed E-state index contributed by atoms with van der Waals surface area (Å²) in [7, 11) is 0. The van der Waals surface area contributed by atoms with Crippen molar-refractivity contribution in [2.75, 3.05) is 0 Å². The molecule has 7 heteroatoms. The lowest BCUT2D eigenvalue weighted by atomic mass is 9.97. The van der Waals surface area contributed by atoms with Crippen LogP contribution in [0.4, 0.5) is 0 Å². The van der Waals surface area contributed by atoms with Gasteiger partial charge in [0.05, 0.1) is 17.5 Å². The molecule has 0 saturated carbocycles. The lowest BCUT2D eigenvalue weighted by molar-refractivity contribution is 0.658. The van der Waals surface area contributed by atoms with E-state index in [2.05, 4.69) is 39.9 Å². The van der Waals surface area contributed by atoms with Crippen molar-refractivity contribution in [3.8, 4) is 28.6 Å². The molecule has 1 aliphatic rings. The van der Waals surface area contributed by atoms with Crippen molar-refractivity contribution in [1.82, 2.24) is 29.4 Å². The van der Waals surface area contributed by atoms with Crippen molar-refractivity contribution in [2.24, 2.45) is 0 Å². The number of hydrogen-bond donors (Lipinski definition) is 0. The summed E-state index contributed by atoms with van der Waals surface area (Å²) >= 11 is 0. The Morgan fingerprint density at radius 1 is 1.21 bits per heavy atom. The average molecular weight is 381 g/mol. The fourth-order valence-electron chi connectivity index (χ4n) is 4.15. The summed E-state index contributed by atoms with van der Waals surface area (Å²) in [6.45, 7) is 4.98. The maximum absolute atomic E-state index is 9.11. The van der Waals surface area contributed by atoms with Crippen LogP contribution < -0.4 is 0 Å². The monoisotopic (exact) mass is 381 g/mol. The Kier molecular flexibility index (Phi) is 3.98. The number of hydrogen-bond acceptors (Lipinski definition) is 5. The molecule has 5 rings (SSSR count). The van der Waals surface area contributed by atoms with Gasteiger partial charge in [-0.05, 0) is 62.6 Å². The molecule has 0 spiro atoms. The summed E-state index contributed by atoms with van der Waals surface area (Å²) in [6.07, 6.45) is 6.82. The molecule has 1 aliphatic heterocycles. The smallest absolute Gasteiger partial charge is 0.155 e. The van der Waals surface area contributed by atoms with Crippen molar-refractivity contribution in [3.63, 3.8) is 0 Å². The summed E-state index contributed by atoms with van der Waals surface area (Å²) in [4.78, 5) is 9.05. The maximum atomic E-state index is 9.11. The molecule has 0 atom stereocenters. The number of nitrogens with zero attached hydrogens (tertiary/aromatic N) is 7. The SMILES string of the molecule is Cc1cc(C)nc(-c2nn3c(c2-c2ccc4ncnn4c2/C=C/C#N)CCC3)c1. The quantitative estimate of drug-likeness (QED) is 0.505. The number of aromatic nitrogens is 6. The van der Waals surface area contributed by atoms with Crippen LogP contribution in [0.5, 0.6) is 0 Å². The minimum absolute atomic E-state index is 0.737. The highest BCUT2D eigenvalue weighted by Gasteiger charge is 2.26. The minimum Gasteiger partial charge on any atom is -0.268 e. The van der Waals surface area contributed by atoms with Gasteiger partial charge in [-0.25, -0.2) is 9.50 Å². The summed E-state index contributed by atoms with van der Waals surface area (Å²) in [5.41, 5.74) is 8.66. The van der Waals surface area contributed by atoms with Crippen LogP contribution in [0.1, 0.15) is 29.1 Å². The van der Waals surface area contributed by atoms with Gasteiger partial charge in [-0.1, -0.05) is 0 Å². The van der Waals surface area contributed by atoms with Crippen LogP contribution in [0, 0.1) is 25.2 Å². The Labute approximate surface area is 168 Å². The standard InChI is InChI=1S/C22H19N7/c1-14-11-15(2)26-17(12-14)22-21(19-6-4-10-28(19)27-22)16-7-8-20-24-13-25-29(20)18(16)5-3-9-23/h3,5,7-8,11-13H,4,6,10H2,1-2H3/b5-3+. The van der Waals surface area contributed by atoms with Gasteiger partial charge in [-0.2, -0.15) is 15.5 Å². The van der Waals surface area contributed by atoms with Gasteiger partial charge in [0.2, 0.25) is 0 Å². The van der Waals surface area contributed by atoms with Crippen molar-refractivity contribution in [1.29, 1.82) is 5.26 Å². The highest BCUT2D eigenvalue weighted by molar-refractivity contribution is 5.86. The zero-order chi connectivity index (χ0) is 20.0.